The minimum atomic E-state index is -0.529. The molecule has 0 bridgehead atoms. The zero-order valence-electron chi connectivity index (χ0n) is 9.97. The summed E-state index contributed by atoms with van der Waals surface area (Å²) in [6, 6.07) is 1.41. The number of carbonyl (C=O) groups is 1. The van der Waals surface area contributed by atoms with Gasteiger partial charge in [0.25, 0.3) is 0 Å². The maximum absolute atomic E-state index is 11.2. The summed E-state index contributed by atoms with van der Waals surface area (Å²) in [6.07, 6.45) is 1.30. The van der Waals surface area contributed by atoms with Gasteiger partial charge in [0.2, 0.25) is 5.91 Å². The van der Waals surface area contributed by atoms with Crippen LogP contribution >= 0.6 is 0 Å². The van der Waals surface area contributed by atoms with Gasteiger partial charge in [-0.25, -0.2) is 0 Å². The molecule has 0 aliphatic rings. The van der Waals surface area contributed by atoms with Gasteiger partial charge in [-0.3, -0.25) is 4.79 Å². The predicted octanol–water partition coefficient (Wildman–Crippen LogP) is 1.02. The molecule has 1 rings (SSSR count). The van der Waals surface area contributed by atoms with Crippen molar-refractivity contribution in [2.75, 3.05) is 6.54 Å². The lowest BCUT2D eigenvalue weighted by molar-refractivity contribution is -0.389. The van der Waals surface area contributed by atoms with Crippen molar-refractivity contribution in [3.05, 3.63) is 21.9 Å². The first kappa shape index (κ1) is 13.1. The highest BCUT2D eigenvalue weighted by molar-refractivity contribution is 5.75. The lowest BCUT2D eigenvalue weighted by Gasteiger charge is -2.03. The van der Waals surface area contributed by atoms with E-state index in [0.717, 1.165) is 6.42 Å². The molecule has 1 heterocycles. The van der Waals surface area contributed by atoms with E-state index in [4.69, 9.17) is 0 Å². The molecule has 94 valence electrons. The Morgan fingerprint density at radius 3 is 2.88 bits per heavy atom. The van der Waals surface area contributed by atoms with Gasteiger partial charge in [0.05, 0.1) is 23.4 Å². The minimum Gasteiger partial charge on any atom is -0.358 e. The van der Waals surface area contributed by atoms with Crippen molar-refractivity contribution in [1.29, 1.82) is 0 Å². The second-order valence-corrected chi connectivity index (χ2v) is 3.72. The number of nitrogens with one attached hydrogen (secondary N) is 1. The number of nitrogens with zero attached hydrogens (tertiary/aromatic N) is 3. The minimum absolute atomic E-state index is 0.00758. The van der Waals surface area contributed by atoms with Crippen LogP contribution in [0.1, 0.15) is 25.5 Å². The van der Waals surface area contributed by atoms with Crippen molar-refractivity contribution < 1.29 is 9.72 Å². The summed E-state index contributed by atoms with van der Waals surface area (Å²) >= 11 is 0. The fraction of sp³-hybridized carbons (Fsp3) is 0.600. The molecule has 1 aromatic heterocycles. The number of aryl methyl sites for hydroxylation is 1. The first-order valence-corrected chi connectivity index (χ1v) is 5.50. The summed E-state index contributed by atoms with van der Waals surface area (Å²) in [5, 5.41) is 17.0. The van der Waals surface area contributed by atoms with Crippen LogP contribution in [0.3, 0.4) is 0 Å². The topological polar surface area (TPSA) is 90.1 Å². The average Bonchev–Trinajstić information content (AvgIpc) is 2.61. The lowest BCUT2D eigenvalue weighted by atomic mass is 10.3. The number of nitro groups is 1. The van der Waals surface area contributed by atoms with Crippen LogP contribution in [0.15, 0.2) is 6.07 Å². The third-order valence-corrected chi connectivity index (χ3v) is 2.28. The van der Waals surface area contributed by atoms with Crippen molar-refractivity contribution in [3.63, 3.8) is 0 Å². The van der Waals surface area contributed by atoms with Gasteiger partial charge in [-0.1, -0.05) is 6.92 Å². The highest BCUT2D eigenvalue weighted by atomic mass is 16.6. The molecule has 0 fully saturated rings. The maximum atomic E-state index is 11.2. The van der Waals surface area contributed by atoms with Crippen LogP contribution in [0.4, 0.5) is 5.82 Å². The molecule has 7 heteroatoms. The van der Waals surface area contributed by atoms with E-state index in [0.29, 0.717) is 25.2 Å². The molecule has 0 unspecified atom stereocenters. The predicted molar refractivity (Wildman–Crippen MR) is 61.5 cm³/mol. The molecule has 0 aliphatic carbocycles. The van der Waals surface area contributed by atoms with Crippen LogP contribution in [0.25, 0.3) is 0 Å². The molecule has 0 saturated carbocycles. The van der Waals surface area contributed by atoms with E-state index in [-0.39, 0.29) is 11.7 Å². The Balaban J connectivity index is 2.46. The van der Waals surface area contributed by atoms with Crippen LogP contribution < -0.4 is 5.32 Å². The smallest absolute Gasteiger partial charge is 0.358 e. The monoisotopic (exact) mass is 240 g/mol. The molecule has 0 aliphatic heterocycles. The summed E-state index contributed by atoms with van der Waals surface area (Å²) < 4.78 is 1.52. The molecule has 0 saturated heterocycles. The van der Waals surface area contributed by atoms with Crippen LogP contribution in [-0.4, -0.2) is 27.2 Å². The molecule has 0 radical (unpaired) electrons. The van der Waals surface area contributed by atoms with Gasteiger partial charge >= 0.3 is 5.82 Å². The number of aromatic nitrogens is 2. The standard InChI is InChI=1S/C10H16N4O3/c1-3-4-10(15)11-5-6-13-8(2)7-9(12-13)14(16)17/h7H,3-6H2,1-2H3,(H,11,15). The lowest BCUT2D eigenvalue weighted by Crippen LogP contribution is -2.27. The van der Waals surface area contributed by atoms with E-state index in [1.807, 2.05) is 6.92 Å². The van der Waals surface area contributed by atoms with E-state index in [1.54, 1.807) is 6.92 Å². The van der Waals surface area contributed by atoms with Gasteiger partial charge in [0.15, 0.2) is 0 Å². The third-order valence-electron chi connectivity index (χ3n) is 2.28. The first-order valence-electron chi connectivity index (χ1n) is 5.50. The van der Waals surface area contributed by atoms with Crippen molar-refractivity contribution in [1.82, 2.24) is 15.1 Å². The molecule has 1 aromatic rings. The quantitative estimate of drug-likeness (QED) is 0.593. The SMILES string of the molecule is CCCC(=O)NCCn1nc([N+](=O)[O-])cc1C. The Morgan fingerprint density at radius 2 is 2.35 bits per heavy atom. The Bertz CT molecular complexity index is 414. The van der Waals surface area contributed by atoms with Crippen molar-refractivity contribution in [2.24, 2.45) is 0 Å². The second kappa shape index (κ2) is 5.97. The number of amides is 1. The van der Waals surface area contributed by atoms with Gasteiger partial charge in [-0.05, 0) is 18.3 Å². The molecule has 7 nitrogen and oxygen atoms in total. The number of rotatable bonds is 6. The fourth-order valence-corrected chi connectivity index (χ4v) is 1.43. The van der Waals surface area contributed by atoms with Gasteiger partial charge in [0.1, 0.15) is 0 Å². The molecule has 0 spiro atoms. The van der Waals surface area contributed by atoms with Gasteiger partial charge < -0.3 is 15.4 Å². The fourth-order valence-electron chi connectivity index (χ4n) is 1.43. The van der Waals surface area contributed by atoms with Crippen LogP contribution in [0.5, 0.6) is 0 Å². The number of hydrogen-bond acceptors (Lipinski definition) is 4. The Labute approximate surface area is 99.0 Å². The van der Waals surface area contributed by atoms with E-state index in [9.17, 15) is 14.9 Å². The summed E-state index contributed by atoms with van der Waals surface area (Å²) in [5.74, 6) is -0.172. The van der Waals surface area contributed by atoms with Crippen LogP contribution in [0.2, 0.25) is 0 Å². The molecule has 17 heavy (non-hydrogen) atoms. The van der Waals surface area contributed by atoms with Crippen molar-refractivity contribution in [2.45, 2.75) is 33.2 Å². The van der Waals surface area contributed by atoms with Gasteiger partial charge in [-0.15, -0.1) is 0 Å². The zero-order valence-corrected chi connectivity index (χ0v) is 9.97. The van der Waals surface area contributed by atoms with Gasteiger partial charge in [0, 0.05) is 13.0 Å². The van der Waals surface area contributed by atoms with Gasteiger partial charge in [-0.2, -0.15) is 4.68 Å². The largest absolute Gasteiger partial charge is 0.390 e. The van der Waals surface area contributed by atoms with E-state index in [2.05, 4.69) is 10.4 Å². The molecule has 1 amide bonds. The van der Waals surface area contributed by atoms with Crippen molar-refractivity contribution >= 4 is 11.7 Å². The van der Waals surface area contributed by atoms with E-state index >= 15 is 0 Å². The summed E-state index contributed by atoms with van der Waals surface area (Å²) in [7, 11) is 0. The number of carbonyl (C=O) groups excluding carboxylic acids is 1. The normalized spacial score (nSPS) is 10.2. The highest BCUT2D eigenvalue weighted by Gasteiger charge is 2.14. The third kappa shape index (κ3) is 3.86. The Hall–Kier alpha value is -1.92. The maximum Gasteiger partial charge on any atom is 0.390 e. The van der Waals surface area contributed by atoms with E-state index in [1.165, 1.54) is 10.7 Å². The summed E-state index contributed by atoms with van der Waals surface area (Å²) in [6.45, 7) is 4.54. The first-order chi connectivity index (χ1) is 8.04. The second-order valence-electron chi connectivity index (χ2n) is 3.72. The average molecular weight is 240 g/mol. The van der Waals surface area contributed by atoms with Crippen LogP contribution in [-0.2, 0) is 11.3 Å². The molecule has 1 N–H and O–H groups in total. The summed E-state index contributed by atoms with van der Waals surface area (Å²) in [5.41, 5.74) is 0.710. The zero-order chi connectivity index (χ0) is 12.8. The molecule has 0 atom stereocenters. The Morgan fingerprint density at radius 1 is 1.65 bits per heavy atom. The Kier molecular flexibility index (Phi) is 4.62. The van der Waals surface area contributed by atoms with Crippen molar-refractivity contribution in [3.8, 4) is 0 Å². The number of hydrogen-bond donors (Lipinski definition) is 1. The van der Waals surface area contributed by atoms with Crippen LogP contribution in [0, 0.1) is 17.0 Å². The molecular formula is C10H16N4O3. The summed E-state index contributed by atoms with van der Waals surface area (Å²) in [4.78, 5) is 21.1. The molecular weight excluding hydrogens is 224 g/mol. The molecule has 0 aromatic carbocycles. The van der Waals surface area contributed by atoms with E-state index < -0.39 is 4.92 Å². The highest BCUT2D eigenvalue weighted by Crippen LogP contribution is 2.10.